The molecule has 0 aliphatic heterocycles. The van der Waals surface area contributed by atoms with Crippen LogP contribution in [0.4, 0.5) is 0 Å². The highest BCUT2D eigenvalue weighted by Crippen LogP contribution is 2.51. The number of rotatable bonds is 6. The Bertz CT molecular complexity index is 3010. The molecule has 0 radical (unpaired) electrons. The Labute approximate surface area is 329 Å². The molecule has 0 bridgehead atoms. The summed E-state index contributed by atoms with van der Waals surface area (Å²) in [6.07, 6.45) is 0. The Balaban J connectivity index is 1.12. The van der Waals surface area contributed by atoms with E-state index in [1.807, 2.05) is 47.7 Å². The molecule has 0 saturated heterocycles. The van der Waals surface area contributed by atoms with Crippen LogP contribution in [0.15, 0.2) is 194 Å². The molecule has 1 aliphatic carbocycles. The molecule has 1 unspecified atom stereocenters. The summed E-state index contributed by atoms with van der Waals surface area (Å²) >= 11 is 1.87. The van der Waals surface area contributed by atoms with Gasteiger partial charge in [0.2, 0.25) is 0 Å². The molecule has 1 aliphatic rings. The molecular weight excluding hydrogens is 699 g/mol. The molecule has 56 heavy (non-hydrogen) atoms. The molecule has 262 valence electrons. The van der Waals surface area contributed by atoms with Gasteiger partial charge in [-0.1, -0.05) is 164 Å². The lowest BCUT2D eigenvalue weighted by atomic mass is 9.89. The summed E-state index contributed by atoms with van der Waals surface area (Å²) < 4.78 is 2.58. The highest BCUT2D eigenvalue weighted by atomic mass is 32.1. The first-order valence-corrected chi connectivity index (χ1v) is 19.8. The molecule has 0 amide bonds. The van der Waals surface area contributed by atoms with E-state index in [0.29, 0.717) is 17.5 Å². The van der Waals surface area contributed by atoms with Crippen LogP contribution in [0.2, 0.25) is 0 Å². The minimum Gasteiger partial charge on any atom is -0.208 e. The van der Waals surface area contributed by atoms with Gasteiger partial charge in [0, 0.05) is 42.8 Å². The van der Waals surface area contributed by atoms with Crippen LogP contribution in [0.3, 0.4) is 0 Å². The largest absolute Gasteiger partial charge is 0.208 e. The van der Waals surface area contributed by atoms with E-state index in [0.717, 1.165) is 38.9 Å². The molecule has 2 heterocycles. The highest BCUT2D eigenvalue weighted by molar-refractivity contribution is 7.25. The third kappa shape index (κ3) is 5.54. The van der Waals surface area contributed by atoms with Crippen molar-refractivity contribution in [3.05, 3.63) is 211 Å². The van der Waals surface area contributed by atoms with Gasteiger partial charge in [-0.05, 0) is 80.4 Å². The fraction of sp³-hybridized carbons (Fsp3) is 0.0192. The second-order valence-electron chi connectivity index (χ2n) is 14.3. The van der Waals surface area contributed by atoms with E-state index in [4.69, 9.17) is 15.0 Å². The predicted molar refractivity (Wildman–Crippen MR) is 233 cm³/mol. The molecule has 0 fully saturated rings. The number of thiophene rings is 1. The first-order valence-electron chi connectivity index (χ1n) is 19.0. The Hall–Kier alpha value is -7.01. The maximum atomic E-state index is 5.20. The van der Waals surface area contributed by atoms with Gasteiger partial charge >= 0.3 is 0 Å². The van der Waals surface area contributed by atoms with E-state index in [-0.39, 0.29) is 5.92 Å². The Kier molecular flexibility index (Phi) is 7.75. The maximum absolute atomic E-state index is 5.20. The molecule has 0 spiro atoms. The monoisotopic (exact) mass is 731 g/mol. The average Bonchev–Trinajstić information content (AvgIpc) is 3.80. The molecule has 0 saturated carbocycles. The number of fused-ring (bicyclic) bond motifs is 6. The summed E-state index contributed by atoms with van der Waals surface area (Å²) in [5, 5.41) is 2.55. The van der Waals surface area contributed by atoms with E-state index in [1.165, 1.54) is 48.0 Å². The average molecular weight is 732 g/mol. The van der Waals surface area contributed by atoms with Crippen LogP contribution in [-0.4, -0.2) is 15.0 Å². The molecule has 1 atom stereocenters. The van der Waals surface area contributed by atoms with E-state index >= 15 is 0 Å². The van der Waals surface area contributed by atoms with Crippen molar-refractivity contribution in [1.82, 2.24) is 15.0 Å². The molecule has 10 aromatic rings. The quantitative estimate of drug-likeness (QED) is 0.171. The topological polar surface area (TPSA) is 38.7 Å². The van der Waals surface area contributed by atoms with Gasteiger partial charge in [-0.25, -0.2) is 15.0 Å². The van der Waals surface area contributed by atoms with Crippen LogP contribution < -0.4 is 0 Å². The standard InChI is InChI=1S/C52H33N3S/c1-5-15-33(16-6-1)37-25-27-39(46(29-37)52-54-50(35-19-9-3-10-20-35)53-51(55-52)36-21-11-4-12-22-36)38-26-28-47-43(30-38)44-31-45-42(32-48(44)56-47)40-23-13-14-24-41(40)49(45)34-17-7-2-8-18-34/h1-32,49H. The number of hydrogen-bond acceptors (Lipinski definition) is 4. The maximum Gasteiger partial charge on any atom is 0.164 e. The van der Waals surface area contributed by atoms with Crippen LogP contribution in [0.5, 0.6) is 0 Å². The van der Waals surface area contributed by atoms with Gasteiger partial charge in [0.1, 0.15) is 0 Å². The first kappa shape index (κ1) is 32.4. The summed E-state index contributed by atoms with van der Waals surface area (Å²) in [5.41, 5.74) is 14.0. The van der Waals surface area contributed by atoms with E-state index in [2.05, 4.69) is 158 Å². The highest BCUT2D eigenvalue weighted by Gasteiger charge is 2.30. The Morgan fingerprint density at radius 2 is 0.893 bits per heavy atom. The van der Waals surface area contributed by atoms with E-state index in [9.17, 15) is 0 Å². The van der Waals surface area contributed by atoms with Crippen molar-refractivity contribution in [2.45, 2.75) is 5.92 Å². The molecular formula is C52H33N3S. The molecule has 2 aromatic heterocycles. The van der Waals surface area contributed by atoms with E-state index in [1.54, 1.807) is 0 Å². The second kappa shape index (κ2) is 13.4. The lowest BCUT2D eigenvalue weighted by Crippen LogP contribution is -2.01. The molecule has 8 aromatic carbocycles. The van der Waals surface area contributed by atoms with Gasteiger partial charge in [-0.2, -0.15) is 0 Å². The lowest BCUT2D eigenvalue weighted by Gasteiger charge is -2.15. The van der Waals surface area contributed by atoms with Crippen molar-refractivity contribution in [2.24, 2.45) is 0 Å². The summed E-state index contributed by atoms with van der Waals surface area (Å²) in [4.78, 5) is 15.4. The van der Waals surface area contributed by atoms with Gasteiger partial charge in [-0.3, -0.25) is 0 Å². The van der Waals surface area contributed by atoms with Gasteiger partial charge in [-0.15, -0.1) is 11.3 Å². The Morgan fingerprint density at radius 3 is 1.59 bits per heavy atom. The summed E-state index contributed by atoms with van der Waals surface area (Å²) in [7, 11) is 0. The van der Waals surface area contributed by atoms with Crippen molar-refractivity contribution in [3.8, 4) is 67.5 Å². The predicted octanol–water partition coefficient (Wildman–Crippen LogP) is 13.7. The third-order valence-electron chi connectivity index (χ3n) is 11.0. The fourth-order valence-corrected chi connectivity index (χ4v) is 9.47. The number of hydrogen-bond donors (Lipinski definition) is 0. The molecule has 4 heteroatoms. The summed E-state index contributed by atoms with van der Waals surface area (Å²) in [6.45, 7) is 0. The van der Waals surface area contributed by atoms with Crippen LogP contribution in [0.25, 0.3) is 87.7 Å². The molecule has 3 nitrogen and oxygen atoms in total. The minimum atomic E-state index is 0.198. The zero-order valence-corrected chi connectivity index (χ0v) is 31.1. The van der Waals surface area contributed by atoms with Crippen LogP contribution in [0, 0.1) is 0 Å². The fourth-order valence-electron chi connectivity index (χ4n) is 8.37. The van der Waals surface area contributed by atoms with Gasteiger partial charge in [0.15, 0.2) is 17.5 Å². The smallest absolute Gasteiger partial charge is 0.164 e. The summed E-state index contributed by atoms with van der Waals surface area (Å²) in [5.74, 6) is 2.13. The normalized spacial score (nSPS) is 13.2. The van der Waals surface area contributed by atoms with Gasteiger partial charge < -0.3 is 0 Å². The van der Waals surface area contributed by atoms with Crippen molar-refractivity contribution >= 4 is 31.5 Å². The first-order chi connectivity index (χ1) is 27.7. The van der Waals surface area contributed by atoms with Crippen LogP contribution in [-0.2, 0) is 0 Å². The van der Waals surface area contributed by atoms with Crippen LogP contribution in [0.1, 0.15) is 22.6 Å². The SMILES string of the molecule is c1ccc(-c2ccc(-c3ccc4sc5cc6c(cc5c4c3)C(c3ccccc3)c3ccccc3-6)c(-c3nc(-c4ccccc4)nc(-c4ccccc4)n3)c2)cc1. The second-order valence-corrected chi connectivity index (χ2v) is 15.4. The minimum absolute atomic E-state index is 0.198. The molecule has 11 rings (SSSR count). The summed E-state index contributed by atoms with van der Waals surface area (Å²) in [6, 6.07) is 69.3. The number of nitrogens with zero attached hydrogens (tertiary/aromatic N) is 3. The number of aromatic nitrogens is 3. The van der Waals surface area contributed by atoms with Gasteiger partial charge in [0.05, 0.1) is 0 Å². The van der Waals surface area contributed by atoms with Crippen LogP contribution >= 0.6 is 11.3 Å². The Morgan fingerprint density at radius 1 is 0.321 bits per heavy atom. The van der Waals surface area contributed by atoms with Crippen molar-refractivity contribution in [2.75, 3.05) is 0 Å². The zero-order valence-electron chi connectivity index (χ0n) is 30.3. The van der Waals surface area contributed by atoms with Crippen molar-refractivity contribution in [1.29, 1.82) is 0 Å². The van der Waals surface area contributed by atoms with E-state index < -0.39 is 0 Å². The number of benzene rings is 8. The van der Waals surface area contributed by atoms with Crippen molar-refractivity contribution < 1.29 is 0 Å². The zero-order chi connectivity index (χ0) is 37.0. The third-order valence-corrected chi connectivity index (χ3v) is 12.2. The van der Waals surface area contributed by atoms with Gasteiger partial charge in [0.25, 0.3) is 0 Å². The lowest BCUT2D eigenvalue weighted by molar-refractivity contribution is 1.02. The van der Waals surface area contributed by atoms with Crippen molar-refractivity contribution in [3.63, 3.8) is 0 Å². The molecule has 0 N–H and O–H groups in total.